The van der Waals surface area contributed by atoms with Crippen molar-refractivity contribution in [2.75, 3.05) is 0 Å². The molecule has 0 radical (unpaired) electrons. The fourth-order valence-corrected chi connectivity index (χ4v) is 3.00. The molecule has 20 heavy (non-hydrogen) atoms. The van der Waals surface area contributed by atoms with E-state index in [1.54, 1.807) is 12.1 Å². The number of rotatable bonds is 3. The Balaban J connectivity index is 2.09. The Hall–Kier alpha value is -1.23. The number of ether oxygens (including phenoxy) is 1. The molecule has 5 heteroatoms. The van der Waals surface area contributed by atoms with Crippen molar-refractivity contribution in [3.63, 3.8) is 0 Å². The van der Waals surface area contributed by atoms with E-state index in [1.807, 2.05) is 0 Å². The molecule has 0 aromatic heterocycles. The highest BCUT2D eigenvalue weighted by Gasteiger charge is 2.31. The van der Waals surface area contributed by atoms with E-state index in [4.69, 9.17) is 5.73 Å². The first kappa shape index (κ1) is 15.2. The molecule has 0 aliphatic heterocycles. The summed E-state index contributed by atoms with van der Waals surface area (Å²) in [7, 11) is 0. The molecule has 0 heterocycles. The number of hydrogen-bond acceptors (Lipinski definition) is 2. The zero-order chi connectivity index (χ0) is 14.8. The molecule has 0 bridgehead atoms. The van der Waals surface area contributed by atoms with Gasteiger partial charge in [0.2, 0.25) is 0 Å². The molecular formula is C15H20F3NO. The van der Waals surface area contributed by atoms with Crippen LogP contribution in [0.2, 0.25) is 0 Å². The lowest BCUT2D eigenvalue weighted by Crippen LogP contribution is -2.26. The van der Waals surface area contributed by atoms with E-state index in [9.17, 15) is 13.2 Å². The Labute approximate surface area is 117 Å². The standard InChI is InChI=1S/C15H20F3NO/c1-10-4-2-5-11(8-10)14(19)12-6-3-7-13(9-12)20-15(16,17)18/h3,6-7,9-11,14H,2,4-5,8,19H2,1H3. The van der Waals surface area contributed by atoms with E-state index in [1.165, 1.54) is 18.6 Å². The molecule has 1 fully saturated rings. The Morgan fingerprint density at radius 3 is 2.70 bits per heavy atom. The Morgan fingerprint density at radius 2 is 2.05 bits per heavy atom. The highest BCUT2D eigenvalue weighted by atomic mass is 19.4. The fraction of sp³-hybridized carbons (Fsp3) is 0.600. The van der Waals surface area contributed by atoms with Crippen LogP contribution in [0.25, 0.3) is 0 Å². The minimum Gasteiger partial charge on any atom is -0.406 e. The molecule has 1 aromatic rings. The lowest BCUT2D eigenvalue weighted by atomic mass is 9.77. The van der Waals surface area contributed by atoms with Crippen LogP contribution >= 0.6 is 0 Å². The predicted molar refractivity (Wildman–Crippen MR) is 71.2 cm³/mol. The van der Waals surface area contributed by atoms with Crippen molar-refractivity contribution < 1.29 is 17.9 Å². The molecule has 0 spiro atoms. The van der Waals surface area contributed by atoms with Gasteiger partial charge in [0.05, 0.1) is 0 Å². The van der Waals surface area contributed by atoms with E-state index < -0.39 is 6.36 Å². The first-order valence-corrected chi connectivity index (χ1v) is 6.96. The summed E-state index contributed by atoms with van der Waals surface area (Å²) in [5.41, 5.74) is 6.94. The van der Waals surface area contributed by atoms with Crippen LogP contribution < -0.4 is 10.5 Å². The van der Waals surface area contributed by atoms with E-state index in [-0.39, 0.29) is 11.8 Å². The number of benzene rings is 1. The largest absolute Gasteiger partial charge is 0.573 e. The molecule has 2 nitrogen and oxygen atoms in total. The zero-order valence-electron chi connectivity index (χ0n) is 11.5. The number of halogens is 3. The second kappa shape index (κ2) is 6.04. The maximum Gasteiger partial charge on any atom is 0.573 e. The van der Waals surface area contributed by atoms with E-state index in [0.717, 1.165) is 19.3 Å². The summed E-state index contributed by atoms with van der Waals surface area (Å²) < 4.78 is 40.6. The van der Waals surface area contributed by atoms with Crippen LogP contribution in [-0.4, -0.2) is 6.36 Å². The monoisotopic (exact) mass is 287 g/mol. The molecular weight excluding hydrogens is 267 g/mol. The van der Waals surface area contributed by atoms with Crippen LogP contribution in [0.3, 0.4) is 0 Å². The van der Waals surface area contributed by atoms with E-state index in [2.05, 4.69) is 11.7 Å². The highest BCUT2D eigenvalue weighted by Crippen LogP contribution is 2.36. The minimum atomic E-state index is -4.66. The van der Waals surface area contributed by atoms with Crippen LogP contribution in [0.5, 0.6) is 5.75 Å². The summed E-state index contributed by atoms with van der Waals surface area (Å²) in [5.74, 6) is 0.767. The smallest absolute Gasteiger partial charge is 0.406 e. The van der Waals surface area contributed by atoms with Gasteiger partial charge in [-0.25, -0.2) is 0 Å². The minimum absolute atomic E-state index is 0.200. The van der Waals surface area contributed by atoms with Gasteiger partial charge in [-0.1, -0.05) is 31.9 Å². The third-order valence-corrected chi connectivity index (χ3v) is 3.96. The average molecular weight is 287 g/mol. The van der Waals surface area contributed by atoms with Crippen molar-refractivity contribution in [2.45, 2.75) is 45.0 Å². The molecule has 2 rings (SSSR count). The molecule has 112 valence electrons. The van der Waals surface area contributed by atoms with Crippen LogP contribution in [0.1, 0.15) is 44.2 Å². The Morgan fingerprint density at radius 1 is 1.30 bits per heavy atom. The maximum absolute atomic E-state index is 12.2. The fourth-order valence-electron chi connectivity index (χ4n) is 3.00. The van der Waals surface area contributed by atoms with Crippen LogP contribution in [-0.2, 0) is 0 Å². The molecule has 1 saturated carbocycles. The van der Waals surface area contributed by atoms with Gasteiger partial charge in [0.1, 0.15) is 5.75 Å². The van der Waals surface area contributed by atoms with Gasteiger partial charge in [-0.15, -0.1) is 13.2 Å². The second-order valence-corrected chi connectivity index (χ2v) is 5.68. The van der Waals surface area contributed by atoms with Crippen molar-refractivity contribution in [3.8, 4) is 5.75 Å². The lowest BCUT2D eigenvalue weighted by molar-refractivity contribution is -0.274. The van der Waals surface area contributed by atoms with Crippen molar-refractivity contribution in [3.05, 3.63) is 29.8 Å². The summed E-state index contributed by atoms with van der Waals surface area (Å²) in [5, 5.41) is 0. The number of alkyl halides is 3. The third-order valence-electron chi connectivity index (χ3n) is 3.96. The third kappa shape index (κ3) is 4.13. The normalized spacial score (nSPS) is 25.2. The van der Waals surface area contributed by atoms with Crippen molar-refractivity contribution in [2.24, 2.45) is 17.6 Å². The summed E-state index contributed by atoms with van der Waals surface area (Å²) in [6, 6.07) is 5.80. The van der Waals surface area contributed by atoms with E-state index in [0.29, 0.717) is 17.4 Å². The number of hydrogen-bond donors (Lipinski definition) is 1. The quantitative estimate of drug-likeness (QED) is 0.893. The van der Waals surface area contributed by atoms with Gasteiger partial charge < -0.3 is 10.5 Å². The summed E-state index contributed by atoms with van der Waals surface area (Å²) in [6.45, 7) is 2.20. The molecule has 0 amide bonds. The van der Waals surface area contributed by atoms with Crippen molar-refractivity contribution >= 4 is 0 Å². The Bertz CT molecular complexity index is 447. The van der Waals surface area contributed by atoms with Crippen LogP contribution in [0.4, 0.5) is 13.2 Å². The molecule has 1 aliphatic rings. The maximum atomic E-state index is 12.2. The summed E-state index contributed by atoms with van der Waals surface area (Å²) in [4.78, 5) is 0. The second-order valence-electron chi connectivity index (χ2n) is 5.68. The molecule has 1 aromatic carbocycles. The molecule has 3 atom stereocenters. The number of nitrogens with two attached hydrogens (primary N) is 1. The zero-order valence-corrected chi connectivity index (χ0v) is 11.5. The van der Waals surface area contributed by atoms with Gasteiger partial charge >= 0.3 is 6.36 Å². The van der Waals surface area contributed by atoms with Gasteiger partial charge in [-0.2, -0.15) is 0 Å². The SMILES string of the molecule is CC1CCCC(C(N)c2cccc(OC(F)(F)F)c2)C1. The predicted octanol–water partition coefficient (Wildman–Crippen LogP) is 4.41. The lowest BCUT2D eigenvalue weighted by Gasteiger charge is -2.31. The molecule has 1 aliphatic carbocycles. The van der Waals surface area contributed by atoms with Crippen molar-refractivity contribution in [1.82, 2.24) is 0 Å². The van der Waals surface area contributed by atoms with Gasteiger partial charge in [0.25, 0.3) is 0 Å². The van der Waals surface area contributed by atoms with Gasteiger partial charge in [-0.05, 0) is 42.4 Å². The van der Waals surface area contributed by atoms with Crippen molar-refractivity contribution in [1.29, 1.82) is 0 Å². The van der Waals surface area contributed by atoms with Gasteiger partial charge in [0, 0.05) is 6.04 Å². The topological polar surface area (TPSA) is 35.2 Å². The first-order chi connectivity index (χ1) is 9.35. The molecule has 0 saturated heterocycles. The Kier molecular flexibility index (Phi) is 4.58. The van der Waals surface area contributed by atoms with Gasteiger partial charge in [0.15, 0.2) is 0 Å². The first-order valence-electron chi connectivity index (χ1n) is 6.96. The van der Waals surface area contributed by atoms with Gasteiger partial charge in [-0.3, -0.25) is 0 Å². The van der Waals surface area contributed by atoms with E-state index >= 15 is 0 Å². The summed E-state index contributed by atoms with van der Waals surface area (Å²) in [6.07, 6.45) is -0.248. The van der Waals surface area contributed by atoms with Crippen LogP contribution in [0.15, 0.2) is 24.3 Å². The molecule has 2 N–H and O–H groups in total. The highest BCUT2D eigenvalue weighted by molar-refractivity contribution is 5.31. The molecule has 3 unspecified atom stereocenters. The van der Waals surface area contributed by atoms with Crippen LogP contribution in [0, 0.1) is 11.8 Å². The summed E-state index contributed by atoms with van der Waals surface area (Å²) >= 11 is 0. The average Bonchev–Trinajstić information content (AvgIpc) is 2.36.